The molecule has 3 N–H and O–H groups in total. The van der Waals surface area contributed by atoms with Crippen LogP contribution in [-0.2, 0) is 9.59 Å². The minimum Gasteiger partial charge on any atom is -0.480 e. The van der Waals surface area contributed by atoms with Crippen molar-refractivity contribution in [3.8, 4) is 0 Å². The van der Waals surface area contributed by atoms with Crippen molar-refractivity contribution >= 4 is 30.3 Å². The van der Waals surface area contributed by atoms with Gasteiger partial charge in [-0.25, -0.2) is 4.79 Å². The van der Waals surface area contributed by atoms with Crippen molar-refractivity contribution in [2.75, 3.05) is 13.1 Å². The van der Waals surface area contributed by atoms with Gasteiger partial charge in [0.05, 0.1) is 12.6 Å². The summed E-state index contributed by atoms with van der Waals surface area (Å²) in [6, 6.07) is -1.27. The van der Waals surface area contributed by atoms with E-state index in [2.05, 4.69) is 10.6 Å². The van der Waals surface area contributed by atoms with Crippen molar-refractivity contribution in [3.63, 3.8) is 0 Å². The molecule has 0 aromatic heterocycles. The number of carbonyl (C=O) groups excluding carboxylic acids is 2. The Balaban J connectivity index is 0. The van der Waals surface area contributed by atoms with Crippen LogP contribution in [0.25, 0.3) is 0 Å². The van der Waals surface area contributed by atoms with Crippen molar-refractivity contribution in [2.45, 2.75) is 52.6 Å². The monoisotopic (exact) mass is 323 g/mol. The van der Waals surface area contributed by atoms with E-state index in [1.165, 1.54) is 4.90 Å². The molecule has 3 amide bonds. The van der Waals surface area contributed by atoms with Crippen LogP contribution in [0.5, 0.6) is 0 Å². The Morgan fingerprint density at radius 1 is 1.24 bits per heavy atom. The third kappa shape index (κ3) is 10.1. The quantitative estimate of drug-likeness (QED) is 0.682. The second-order valence-corrected chi connectivity index (χ2v) is 5.73. The van der Waals surface area contributed by atoms with Gasteiger partial charge in [0.2, 0.25) is 5.91 Å². The highest BCUT2D eigenvalue weighted by Gasteiger charge is 2.25. The van der Waals surface area contributed by atoms with Gasteiger partial charge in [0, 0.05) is 5.54 Å². The first-order chi connectivity index (χ1) is 9.06. The van der Waals surface area contributed by atoms with Crippen LogP contribution in [0.2, 0.25) is 0 Å². The molecule has 1 atom stereocenters. The summed E-state index contributed by atoms with van der Waals surface area (Å²) in [6.07, 6.45) is 0.721. The fourth-order valence-corrected chi connectivity index (χ4v) is 1.62. The highest BCUT2D eigenvalue weighted by Crippen LogP contribution is 2.02. The van der Waals surface area contributed by atoms with Crippen LogP contribution in [0, 0.1) is 0 Å². The van der Waals surface area contributed by atoms with Crippen LogP contribution in [0.4, 0.5) is 4.79 Å². The molecule has 0 saturated carbocycles. The summed E-state index contributed by atoms with van der Waals surface area (Å²) in [6.45, 7) is 9.12. The SMILES string of the molecule is CCCN(CC(=O)O)C(C)C(=O)NC(=O)NC(C)(C)C.Cl. The van der Waals surface area contributed by atoms with E-state index in [4.69, 9.17) is 5.11 Å². The molecule has 8 heteroatoms. The number of carbonyl (C=O) groups is 3. The van der Waals surface area contributed by atoms with Crippen LogP contribution in [0.3, 0.4) is 0 Å². The van der Waals surface area contributed by atoms with Crippen molar-refractivity contribution in [2.24, 2.45) is 0 Å². The van der Waals surface area contributed by atoms with Crippen LogP contribution < -0.4 is 10.6 Å². The zero-order valence-electron chi connectivity index (χ0n) is 13.2. The maximum absolute atomic E-state index is 11.9. The molecule has 0 aliphatic heterocycles. The fraction of sp³-hybridized carbons (Fsp3) is 0.769. The lowest BCUT2D eigenvalue weighted by Gasteiger charge is -2.26. The molecule has 7 nitrogen and oxygen atoms in total. The first kappa shape index (κ1) is 21.9. The van der Waals surface area contributed by atoms with Gasteiger partial charge in [0.1, 0.15) is 0 Å². The zero-order valence-corrected chi connectivity index (χ0v) is 14.0. The smallest absolute Gasteiger partial charge is 0.321 e. The highest BCUT2D eigenvalue weighted by atomic mass is 35.5. The summed E-state index contributed by atoms with van der Waals surface area (Å²) in [7, 11) is 0. The summed E-state index contributed by atoms with van der Waals surface area (Å²) in [5.41, 5.74) is -0.447. The van der Waals surface area contributed by atoms with Gasteiger partial charge in [-0.2, -0.15) is 0 Å². The summed E-state index contributed by atoms with van der Waals surface area (Å²) >= 11 is 0. The zero-order chi connectivity index (χ0) is 15.9. The minimum atomic E-state index is -1.00. The van der Waals surface area contributed by atoms with Crippen LogP contribution in [0.15, 0.2) is 0 Å². The van der Waals surface area contributed by atoms with Gasteiger partial charge >= 0.3 is 12.0 Å². The summed E-state index contributed by atoms with van der Waals surface area (Å²) in [5, 5.41) is 13.7. The standard InChI is InChI=1S/C13H25N3O4.ClH/c1-6-7-16(8-10(17)18)9(2)11(19)14-12(20)15-13(3,4)5;/h9H,6-8H2,1-5H3,(H,17,18)(H2,14,15,19,20);1H. The number of halogens is 1. The van der Waals surface area contributed by atoms with E-state index in [9.17, 15) is 14.4 Å². The van der Waals surface area contributed by atoms with E-state index in [1.807, 2.05) is 6.92 Å². The van der Waals surface area contributed by atoms with Gasteiger partial charge in [-0.05, 0) is 40.7 Å². The molecule has 0 aliphatic carbocycles. The van der Waals surface area contributed by atoms with Gasteiger partial charge in [-0.1, -0.05) is 6.92 Å². The Hall–Kier alpha value is -1.34. The van der Waals surface area contributed by atoms with Gasteiger partial charge in [0.25, 0.3) is 0 Å². The molecule has 124 valence electrons. The molecular weight excluding hydrogens is 298 g/mol. The first-order valence-electron chi connectivity index (χ1n) is 6.65. The Morgan fingerprint density at radius 3 is 2.14 bits per heavy atom. The molecule has 1 unspecified atom stereocenters. The Kier molecular flexibility index (Phi) is 10.0. The molecule has 0 aliphatic rings. The van der Waals surface area contributed by atoms with Crippen molar-refractivity contribution in [3.05, 3.63) is 0 Å². The second kappa shape index (κ2) is 9.57. The fourth-order valence-electron chi connectivity index (χ4n) is 1.62. The van der Waals surface area contributed by atoms with Crippen molar-refractivity contribution in [1.29, 1.82) is 0 Å². The topological polar surface area (TPSA) is 98.7 Å². The first-order valence-corrected chi connectivity index (χ1v) is 6.65. The van der Waals surface area contributed by atoms with Gasteiger partial charge < -0.3 is 10.4 Å². The van der Waals surface area contributed by atoms with Crippen molar-refractivity contribution < 1.29 is 19.5 Å². The number of hydrogen-bond donors (Lipinski definition) is 3. The largest absolute Gasteiger partial charge is 0.480 e. The number of nitrogens with one attached hydrogen (secondary N) is 2. The molecule has 0 fully saturated rings. The number of nitrogens with zero attached hydrogens (tertiary/aromatic N) is 1. The minimum absolute atomic E-state index is 0. The van der Waals surface area contributed by atoms with E-state index in [-0.39, 0.29) is 19.0 Å². The number of amides is 3. The Labute approximate surface area is 131 Å². The van der Waals surface area contributed by atoms with Crippen LogP contribution in [0.1, 0.15) is 41.0 Å². The number of imide groups is 1. The normalized spacial score (nSPS) is 12.3. The molecule has 21 heavy (non-hydrogen) atoms. The number of hydrogen-bond acceptors (Lipinski definition) is 4. The maximum atomic E-state index is 11.9. The maximum Gasteiger partial charge on any atom is 0.321 e. The number of rotatable bonds is 6. The van der Waals surface area contributed by atoms with Gasteiger partial charge in [0.15, 0.2) is 0 Å². The second-order valence-electron chi connectivity index (χ2n) is 5.73. The number of urea groups is 1. The average molecular weight is 324 g/mol. The third-order valence-corrected chi connectivity index (χ3v) is 2.50. The van der Waals surface area contributed by atoms with E-state index >= 15 is 0 Å². The molecule has 0 aromatic rings. The lowest BCUT2D eigenvalue weighted by atomic mass is 10.1. The number of carboxylic acid groups (broad SMARTS) is 1. The van der Waals surface area contributed by atoms with Crippen LogP contribution in [-0.4, -0.2) is 52.6 Å². The molecule has 0 heterocycles. The van der Waals surface area contributed by atoms with E-state index in [0.717, 1.165) is 6.42 Å². The van der Waals surface area contributed by atoms with Gasteiger partial charge in [-0.15, -0.1) is 12.4 Å². The van der Waals surface area contributed by atoms with E-state index in [0.29, 0.717) is 6.54 Å². The summed E-state index contributed by atoms with van der Waals surface area (Å²) in [4.78, 5) is 35.8. The highest BCUT2D eigenvalue weighted by molar-refractivity contribution is 5.97. The predicted octanol–water partition coefficient (Wildman–Crippen LogP) is 1.22. The van der Waals surface area contributed by atoms with Crippen LogP contribution >= 0.6 is 12.4 Å². The van der Waals surface area contributed by atoms with E-state index in [1.54, 1.807) is 27.7 Å². The van der Waals surface area contributed by atoms with Gasteiger partial charge in [-0.3, -0.25) is 19.8 Å². The third-order valence-electron chi connectivity index (χ3n) is 2.50. The molecule has 0 saturated heterocycles. The van der Waals surface area contributed by atoms with Crippen molar-refractivity contribution in [1.82, 2.24) is 15.5 Å². The lowest BCUT2D eigenvalue weighted by Crippen LogP contribution is -2.53. The Bertz CT molecular complexity index is 369. The summed E-state index contributed by atoms with van der Waals surface area (Å²) < 4.78 is 0. The number of aliphatic carboxylic acids is 1. The lowest BCUT2D eigenvalue weighted by molar-refractivity contribution is -0.139. The predicted molar refractivity (Wildman–Crippen MR) is 82.6 cm³/mol. The average Bonchev–Trinajstić information content (AvgIpc) is 2.23. The Morgan fingerprint density at radius 2 is 1.76 bits per heavy atom. The molecule has 0 radical (unpaired) electrons. The molecule has 0 spiro atoms. The molecule has 0 aromatic carbocycles. The molecular formula is C13H26ClN3O4. The molecule has 0 rings (SSSR count). The summed E-state index contributed by atoms with van der Waals surface area (Å²) in [5.74, 6) is -1.52. The van der Waals surface area contributed by atoms with E-state index < -0.39 is 29.5 Å². The number of carboxylic acids is 1. The molecule has 0 bridgehead atoms.